The molecule has 2 aliphatic rings. The zero-order valence-corrected chi connectivity index (χ0v) is 12.7. The first-order chi connectivity index (χ1) is 9.33. The first kappa shape index (κ1) is 12.0. The van der Waals surface area contributed by atoms with E-state index in [1.165, 1.54) is 59.7 Å². The van der Waals surface area contributed by atoms with Crippen LogP contribution in [0.3, 0.4) is 0 Å². The number of aryl methyl sites for hydroxylation is 2. The second kappa shape index (κ2) is 4.64. The van der Waals surface area contributed by atoms with E-state index in [2.05, 4.69) is 44.1 Å². The first-order valence-electron chi connectivity index (χ1n) is 7.35. The van der Waals surface area contributed by atoms with Crippen LogP contribution in [0.2, 0.25) is 0 Å². The fourth-order valence-electron chi connectivity index (χ4n) is 3.77. The number of aromatic nitrogens is 1. The van der Waals surface area contributed by atoms with E-state index in [4.69, 9.17) is 0 Å². The molecule has 1 aromatic heterocycles. The van der Waals surface area contributed by atoms with Gasteiger partial charge in [-0.25, -0.2) is 0 Å². The lowest BCUT2D eigenvalue weighted by atomic mass is 9.91. The molecule has 2 aromatic rings. The molecule has 4 rings (SSSR count). The summed E-state index contributed by atoms with van der Waals surface area (Å²) < 4.78 is 3.73. The number of hydrogen-bond donors (Lipinski definition) is 1. The van der Waals surface area contributed by atoms with Crippen LogP contribution in [0.25, 0.3) is 10.9 Å². The van der Waals surface area contributed by atoms with Crippen LogP contribution in [0.15, 0.2) is 22.8 Å². The molecular weight excluding hydrogens is 300 g/mol. The summed E-state index contributed by atoms with van der Waals surface area (Å²) in [6.07, 6.45) is 7.56. The lowest BCUT2D eigenvalue weighted by molar-refractivity contribution is 0.462. The quantitative estimate of drug-likeness (QED) is 0.846. The van der Waals surface area contributed by atoms with Crippen LogP contribution in [0.1, 0.15) is 36.3 Å². The highest BCUT2D eigenvalue weighted by Crippen LogP contribution is 2.37. The van der Waals surface area contributed by atoms with Crippen LogP contribution >= 0.6 is 15.9 Å². The Bertz CT molecular complexity index is 623. The Balaban J connectivity index is 1.92. The van der Waals surface area contributed by atoms with Crippen molar-refractivity contribution in [3.63, 3.8) is 0 Å². The SMILES string of the molecule is Brc1cc2c3c(c1)c(C1CCCNC1)cn3CCC2. The van der Waals surface area contributed by atoms with Crippen LogP contribution in [-0.2, 0) is 13.0 Å². The molecule has 0 spiro atoms. The molecule has 0 radical (unpaired) electrons. The van der Waals surface area contributed by atoms with Crippen molar-refractivity contribution < 1.29 is 0 Å². The predicted molar refractivity (Wildman–Crippen MR) is 82.8 cm³/mol. The lowest BCUT2D eigenvalue weighted by Crippen LogP contribution is -2.28. The van der Waals surface area contributed by atoms with Gasteiger partial charge in [0.2, 0.25) is 0 Å². The van der Waals surface area contributed by atoms with Gasteiger partial charge < -0.3 is 9.88 Å². The van der Waals surface area contributed by atoms with Crippen molar-refractivity contribution >= 4 is 26.8 Å². The van der Waals surface area contributed by atoms with Crippen molar-refractivity contribution in [3.05, 3.63) is 33.9 Å². The molecule has 2 nitrogen and oxygen atoms in total. The zero-order valence-electron chi connectivity index (χ0n) is 11.1. The summed E-state index contributed by atoms with van der Waals surface area (Å²) in [5.74, 6) is 0.692. The van der Waals surface area contributed by atoms with E-state index in [9.17, 15) is 0 Å². The number of halogens is 1. The number of benzene rings is 1. The third-order valence-corrected chi connectivity index (χ3v) is 5.09. The van der Waals surface area contributed by atoms with Crippen LogP contribution < -0.4 is 5.32 Å². The van der Waals surface area contributed by atoms with E-state index in [1.807, 2.05) is 0 Å². The van der Waals surface area contributed by atoms with Crippen molar-refractivity contribution in [2.24, 2.45) is 0 Å². The molecule has 0 amide bonds. The Morgan fingerprint density at radius 2 is 2.21 bits per heavy atom. The molecule has 1 fully saturated rings. The average Bonchev–Trinajstić information content (AvgIpc) is 2.80. The van der Waals surface area contributed by atoms with Crippen LogP contribution in [0.4, 0.5) is 0 Å². The minimum atomic E-state index is 0.692. The molecular formula is C16H19BrN2. The summed E-state index contributed by atoms with van der Waals surface area (Å²) >= 11 is 3.69. The highest BCUT2D eigenvalue weighted by Gasteiger charge is 2.23. The third kappa shape index (κ3) is 1.95. The fourth-order valence-corrected chi connectivity index (χ4v) is 4.27. The Labute approximate surface area is 122 Å². The summed E-state index contributed by atoms with van der Waals surface area (Å²) in [5.41, 5.74) is 4.58. The minimum Gasteiger partial charge on any atom is -0.347 e. The largest absolute Gasteiger partial charge is 0.347 e. The predicted octanol–water partition coefficient (Wildman–Crippen LogP) is 3.82. The number of piperidine rings is 1. The van der Waals surface area contributed by atoms with Crippen molar-refractivity contribution in [1.82, 2.24) is 9.88 Å². The monoisotopic (exact) mass is 318 g/mol. The zero-order chi connectivity index (χ0) is 12.8. The Morgan fingerprint density at radius 1 is 1.26 bits per heavy atom. The van der Waals surface area contributed by atoms with Gasteiger partial charge in [0.15, 0.2) is 0 Å². The van der Waals surface area contributed by atoms with E-state index in [0.717, 1.165) is 6.54 Å². The van der Waals surface area contributed by atoms with Crippen molar-refractivity contribution in [2.75, 3.05) is 13.1 Å². The third-order valence-electron chi connectivity index (χ3n) is 4.63. The first-order valence-corrected chi connectivity index (χ1v) is 8.14. The summed E-state index contributed by atoms with van der Waals surface area (Å²) in [4.78, 5) is 0. The molecule has 0 aliphatic carbocycles. The van der Waals surface area contributed by atoms with Gasteiger partial charge in [0.05, 0.1) is 5.52 Å². The normalized spacial score (nSPS) is 22.9. The van der Waals surface area contributed by atoms with Gasteiger partial charge in [0, 0.05) is 29.1 Å². The van der Waals surface area contributed by atoms with Crippen LogP contribution in [0.5, 0.6) is 0 Å². The smallest absolute Gasteiger partial charge is 0.0516 e. The summed E-state index contributed by atoms with van der Waals surface area (Å²) in [6.45, 7) is 3.51. The van der Waals surface area contributed by atoms with Gasteiger partial charge >= 0.3 is 0 Å². The van der Waals surface area contributed by atoms with Gasteiger partial charge in [-0.1, -0.05) is 15.9 Å². The molecule has 3 heteroatoms. The fraction of sp³-hybridized carbons (Fsp3) is 0.500. The Kier molecular flexibility index (Phi) is 2.92. The van der Waals surface area contributed by atoms with Gasteiger partial charge in [0.25, 0.3) is 0 Å². The van der Waals surface area contributed by atoms with Gasteiger partial charge in [-0.3, -0.25) is 0 Å². The Morgan fingerprint density at radius 3 is 3.05 bits per heavy atom. The molecule has 0 saturated carbocycles. The van der Waals surface area contributed by atoms with Crippen LogP contribution in [-0.4, -0.2) is 17.7 Å². The molecule has 1 atom stereocenters. The van der Waals surface area contributed by atoms with Crippen LogP contribution in [0, 0.1) is 0 Å². The second-order valence-electron chi connectivity index (χ2n) is 5.89. The molecule has 1 saturated heterocycles. The van der Waals surface area contributed by atoms with Gasteiger partial charge in [0.1, 0.15) is 0 Å². The topological polar surface area (TPSA) is 17.0 Å². The molecule has 100 valence electrons. The number of nitrogens with zero attached hydrogens (tertiary/aromatic N) is 1. The maximum atomic E-state index is 3.69. The molecule has 1 unspecified atom stereocenters. The number of hydrogen-bond acceptors (Lipinski definition) is 1. The minimum absolute atomic E-state index is 0.692. The van der Waals surface area contributed by atoms with Gasteiger partial charge in [-0.15, -0.1) is 0 Å². The summed E-state index contributed by atoms with van der Waals surface area (Å²) in [6, 6.07) is 4.63. The maximum Gasteiger partial charge on any atom is 0.0516 e. The van der Waals surface area contributed by atoms with E-state index >= 15 is 0 Å². The molecule has 19 heavy (non-hydrogen) atoms. The van der Waals surface area contributed by atoms with E-state index in [-0.39, 0.29) is 0 Å². The molecule has 3 heterocycles. The van der Waals surface area contributed by atoms with Crippen molar-refractivity contribution in [3.8, 4) is 0 Å². The molecule has 0 bridgehead atoms. The highest BCUT2D eigenvalue weighted by molar-refractivity contribution is 9.10. The average molecular weight is 319 g/mol. The maximum absolute atomic E-state index is 3.69. The molecule has 1 aromatic carbocycles. The summed E-state index contributed by atoms with van der Waals surface area (Å²) in [7, 11) is 0. The van der Waals surface area contributed by atoms with Gasteiger partial charge in [-0.05, 0) is 61.4 Å². The Hall–Kier alpha value is -0.800. The van der Waals surface area contributed by atoms with Gasteiger partial charge in [-0.2, -0.15) is 0 Å². The van der Waals surface area contributed by atoms with Crippen molar-refractivity contribution in [1.29, 1.82) is 0 Å². The highest BCUT2D eigenvalue weighted by atomic mass is 79.9. The second-order valence-corrected chi connectivity index (χ2v) is 6.80. The lowest BCUT2D eigenvalue weighted by Gasteiger charge is -2.22. The van der Waals surface area contributed by atoms with E-state index in [1.54, 1.807) is 5.56 Å². The number of nitrogens with one attached hydrogen (secondary N) is 1. The van der Waals surface area contributed by atoms with E-state index < -0.39 is 0 Å². The standard InChI is InChI=1S/C16H19BrN2/c17-13-7-11-4-2-6-19-10-15(14(8-13)16(11)19)12-3-1-5-18-9-12/h7-8,10,12,18H,1-6,9H2. The van der Waals surface area contributed by atoms with E-state index in [0.29, 0.717) is 5.92 Å². The molecule has 1 N–H and O–H groups in total. The van der Waals surface area contributed by atoms with Crippen molar-refractivity contribution in [2.45, 2.75) is 38.1 Å². The summed E-state index contributed by atoms with van der Waals surface area (Å²) in [5, 5.41) is 5.03. The molecule has 2 aliphatic heterocycles. The number of rotatable bonds is 1.